The van der Waals surface area contributed by atoms with Gasteiger partial charge in [0.1, 0.15) is 5.76 Å². The van der Waals surface area contributed by atoms with Crippen molar-refractivity contribution in [1.82, 2.24) is 14.8 Å². The number of hydrogen-bond donors (Lipinski definition) is 1. The molecular formula is C28H37N3O3. The van der Waals surface area contributed by atoms with Crippen LogP contribution in [0.4, 0.5) is 0 Å². The number of aliphatic hydroxyl groups is 1. The van der Waals surface area contributed by atoms with Crippen molar-refractivity contribution in [2.24, 2.45) is 0 Å². The van der Waals surface area contributed by atoms with Crippen LogP contribution in [-0.4, -0.2) is 57.8 Å². The van der Waals surface area contributed by atoms with Crippen LogP contribution < -0.4 is 0 Å². The number of Topliss-reactive ketones (excluding diaryl/α,β-unsaturated/α-hetero) is 1. The van der Waals surface area contributed by atoms with E-state index in [9.17, 15) is 14.7 Å². The molecule has 1 atom stereocenters. The molecule has 6 heteroatoms. The first kappa shape index (κ1) is 25.6. The van der Waals surface area contributed by atoms with Crippen LogP contribution in [0.5, 0.6) is 0 Å². The normalized spacial score (nSPS) is 17.6. The molecule has 3 rings (SSSR count). The van der Waals surface area contributed by atoms with E-state index in [1.807, 2.05) is 25.1 Å². The molecule has 1 aliphatic heterocycles. The molecular weight excluding hydrogens is 426 g/mol. The van der Waals surface area contributed by atoms with Gasteiger partial charge in [-0.1, -0.05) is 62.6 Å². The van der Waals surface area contributed by atoms with E-state index < -0.39 is 17.7 Å². The first-order valence-corrected chi connectivity index (χ1v) is 12.5. The number of amides is 1. The fraction of sp³-hybridized carbons (Fsp3) is 0.464. The number of carbonyl (C=O) groups excluding carboxylic acids is 2. The van der Waals surface area contributed by atoms with E-state index in [-0.39, 0.29) is 11.3 Å². The van der Waals surface area contributed by atoms with E-state index in [0.29, 0.717) is 12.1 Å². The van der Waals surface area contributed by atoms with Gasteiger partial charge in [-0.05, 0) is 57.5 Å². The summed E-state index contributed by atoms with van der Waals surface area (Å²) in [5.41, 5.74) is 2.44. The van der Waals surface area contributed by atoms with Crippen LogP contribution in [0, 0.1) is 6.92 Å². The summed E-state index contributed by atoms with van der Waals surface area (Å²) in [7, 11) is 0. The van der Waals surface area contributed by atoms with E-state index in [0.717, 1.165) is 62.9 Å². The lowest BCUT2D eigenvalue weighted by molar-refractivity contribution is -0.140. The van der Waals surface area contributed by atoms with Crippen molar-refractivity contribution in [2.45, 2.75) is 58.9 Å². The minimum atomic E-state index is -0.644. The molecule has 0 bridgehead atoms. The Bertz CT molecular complexity index is 978. The highest BCUT2D eigenvalue weighted by Crippen LogP contribution is 2.39. The molecule has 0 radical (unpaired) electrons. The average Bonchev–Trinajstić information content (AvgIpc) is 3.11. The van der Waals surface area contributed by atoms with E-state index in [1.165, 1.54) is 0 Å². The zero-order valence-electron chi connectivity index (χ0n) is 20.7. The van der Waals surface area contributed by atoms with E-state index >= 15 is 0 Å². The van der Waals surface area contributed by atoms with Gasteiger partial charge < -0.3 is 14.9 Å². The van der Waals surface area contributed by atoms with Crippen molar-refractivity contribution >= 4 is 17.4 Å². The molecule has 0 saturated carbocycles. The standard InChI is InChI=1S/C28H37N3O3/c1-4-6-16-30(17-7-5-2)18-9-19-31-25(23-10-8-15-29-20-23)24(27(33)28(31)34)26(32)22-13-11-21(3)12-14-22/h8,10-15,20,25,32H,4-7,9,16-19H2,1-3H3/t25-/m1/s1. The Morgan fingerprint density at radius 3 is 2.24 bits per heavy atom. The van der Waals surface area contributed by atoms with Gasteiger partial charge in [0.2, 0.25) is 0 Å². The fourth-order valence-corrected chi connectivity index (χ4v) is 4.43. The second kappa shape index (κ2) is 12.5. The van der Waals surface area contributed by atoms with Crippen molar-refractivity contribution < 1.29 is 14.7 Å². The summed E-state index contributed by atoms with van der Waals surface area (Å²) in [6.45, 7) is 9.77. The lowest BCUT2D eigenvalue weighted by atomic mass is 9.96. The summed E-state index contributed by atoms with van der Waals surface area (Å²) in [6.07, 6.45) is 8.70. The number of rotatable bonds is 12. The maximum absolute atomic E-state index is 13.1. The lowest BCUT2D eigenvalue weighted by Gasteiger charge is -2.27. The minimum absolute atomic E-state index is 0.135. The first-order chi connectivity index (χ1) is 16.5. The molecule has 0 spiro atoms. The third kappa shape index (κ3) is 6.11. The molecule has 1 aromatic carbocycles. The van der Waals surface area contributed by atoms with Crippen molar-refractivity contribution in [1.29, 1.82) is 0 Å². The summed E-state index contributed by atoms with van der Waals surface area (Å²) in [5.74, 6) is -1.33. The number of aryl methyl sites for hydroxylation is 1. The third-order valence-electron chi connectivity index (χ3n) is 6.39. The van der Waals surface area contributed by atoms with Gasteiger partial charge in [0, 0.05) is 24.5 Å². The summed E-state index contributed by atoms with van der Waals surface area (Å²) in [4.78, 5) is 34.5. The van der Waals surface area contributed by atoms with Crippen LogP contribution in [-0.2, 0) is 9.59 Å². The summed E-state index contributed by atoms with van der Waals surface area (Å²) in [6, 6.07) is 10.3. The van der Waals surface area contributed by atoms with Gasteiger partial charge in [-0.15, -0.1) is 0 Å². The molecule has 1 aromatic heterocycles. The second-order valence-corrected chi connectivity index (χ2v) is 9.05. The number of unbranched alkanes of at least 4 members (excludes halogenated alkanes) is 2. The SMILES string of the molecule is CCCCN(CCCC)CCCN1C(=O)C(=O)C(=C(O)c2ccc(C)cc2)[C@H]1c1cccnc1. The quantitative estimate of drug-likeness (QED) is 0.269. The van der Waals surface area contributed by atoms with Gasteiger partial charge in [0.05, 0.1) is 11.6 Å². The van der Waals surface area contributed by atoms with Gasteiger partial charge in [-0.2, -0.15) is 0 Å². The monoisotopic (exact) mass is 463 g/mol. The van der Waals surface area contributed by atoms with Crippen LogP contribution in [0.1, 0.15) is 68.7 Å². The van der Waals surface area contributed by atoms with E-state index in [1.54, 1.807) is 35.5 Å². The first-order valence-electron chi connectivity index (χ1n) is 12.5. The highest BCUT2D eigenvalue weighted by molar-refractivity contribution is 6.46. The molecule has 1 N–H and O–H groups in total. The molecule has 1 amide bonds. The maximum Gasteiger partial charge on any atom is 0.295 e. The Morgan fingerprint density at radius 2 is 1.65 bits per heavy atom. The number of benzene rings is 1. The molecule has 182 valence electrons. The highest BCUT2D eigenvalue weighted by atomic mass is 16.3. The fourth-order valence-electron chi connectivity index (χ4n) is 4.43. The molecule has 1 fully saturated rings. The molecule has 2 aromatic rings. The molecule has 1 saturated heterocycles. The number of nitrogens with zero attached hydrogens (tertiary/aromatic N) is 3. The smallest absolute Gasteiger partial charge is 0.295 e. The van der Waals surface area contributed by atoms with Crippen LogP contribution >= 0.6 is 0 Å². The molecule has 2 heterocycles. The van der Waals surface area contributed by atoms with Gasteiger partial charge in [-0.3, -0.25) is 14.6 Å². The second-order valence-electron chi connectivity index (χ2n) is 9.05. The topological polar surface area (TPSA) is 73.7 Å². The molecule has 0 unspecified atom stereocenters. The van der Waals surface area contributed by atoms with Crippen molar-refractivity contribution in [3.63, 3.8) is 0 Å². The van der Waals surface area contributed by atoms with Crippen LogP contribution in [0.15, 0.2) is 54.4 Å². The summed E-state index contributed by atoms with van der Waals surface area (Å²) in [5, 5.41) is 11.1. The van der Waals surface area contributed by atoms with Crippen molar-refractivity contribution in [2.75, 3.05) is 26.2 Å². The lowest BCUT2D eigenvalue weighted by Crippen LogP contribution is -2.34. The Kier molecular flexibility index (Phi) is 9.40. The van der Waals surface area contributed by atoms with Gasteiger partial charge in [0.15, 0.2) is 0 Å². The summed E-state index contributed by atoms with van der Waals surface area (Å²) >= 11 is 0. The van der Waals surface area contributed by atoms with Gasteiger partial charge in [0.25, 0.3) is 11.7 Å². The zero-order valence-corrected chi connectivity index (χ0v) is 20.7. The van der Waals surface area contributed by atoms with E-state index in [2.05, 4.69) is 23.7 Å². The summed E-state index contributed by atoms with van der Waals surface area (Å²) < 4.78 is 0. The maximum atomic E-state index is 13.1. The molecule has 34 heavy (non-hydrogen) atoms. The minimum Gasteiger partial charge on any atom is -0.507 e. The average molecular weight is 464 g/mol. The Morgan fingerprint density at radius 1 is 1.00 bits per heavy atom. The van der Waals surface area contributed by atoms with Gasteiger partial charge in [-0.25, -0.2) is 0 Å². The van der Waals surface area contributed by atoms with Crippen molar-refractivity contribution in [3.8, 4) is 0 Å². The van der Waals surface area contributed by atoms with Crippen molar-refractivity contribution in [3.05, 3.63) is 71.1 Å². The number of hydrogen-bond acceptors (Lipinski definition) is 5. The number of aromatic nitrogens is 1. The Labute approximate surface area is 203 Å². The molecule has 1 aliphatic rings. The molecule has 6 nitrogen and oxygen atoms in total. The van der Waals surface area contributed by atoms with Crippen LogP contribution in [0.3, 0.4) is 0 Å². The largest absolute Gasteiger partial charge is 0.507 e. The number of ketones is 1. The predicted molar refractivity (Wildman–Crippen MR) is 135 cm³/mol. The highest BCUT2D eigenvalue weighted by Gasteiger charge is 2.45. The molecule has 0 aliphatic carbocycles. The van der Waals surface area contributed by atoms with Gasteiger partial charge >= 0.3 is 0 Å². The third-order valence-corrected chi connectivity index (χ3v) is 6.39. The Balaban J connectivity index is 1.87. The number of likely N-dealkylation sites (tertiary alicyclic amines) is 1. The van der Waals surface area contributed by atoms with Crippen LogP contribution in [0.25, 0.3) is 5.76 Å². The number of aliphatic hydroxyl groups excluding tert-OH is 1. The zero-order chi connectivity index (χ0) is 24.5. The predicted octanol–water partition coefficient (Wildman–Crippen LogP) is 5.10. The van der Waals surface area contributed by atoms with Crippen LogP contribution in [0.2, 0.25) is 0 Å². The Hall–Kier alpha value is -2.99. The number of pyridine rings is 1. The van der Waals surface area contributed by atoms with E-state index in [4.69, 9.17) is 0 Å². The number of carbonyl (C=O) groups is 2.